The highest BCUT2D eigenvalue weighted by molar-refractivity contribution is 14.0. The smallest absolute Gasteiger partial charge is 0.191 e. The maximum atomic E-state index is 9.37. The van der Waals surface area contributed by atoms with Gasteiger partial charge in [0.15, 0.2) is 5.96 Å². The molecule has 0 aromatic carbocycles. The van der Waals surface area contributed by atoms with Crippen molar-refractivity contribution < 1.29 is 9.84 Å². The third kappa shape index (κ3) is 7.99. The van der Waals surface area contributed by atoms with Gasteiger partial charge in [0.25, 0.3) is 0 Å². The van der Waals surface area contributed by atoms with Crippen LogP contribution in [0.4, 0.5) is 0 Å². The summed E-state index contributed by atoms with van der Waals surface area (Å²) in [7, 11) is 1.78. The second kappa shape index (κ2) is 13.1. The van der Waals surface area contributed by atoms with Crippen LogP contribution in [0.2, 0.25) is 0 Å². The number of nitrogens with one attached hydrogen (secondary N) is 2. The third-order valence-electron chi connectivity index (χ3n) is 5.94. The van der Waals surface area contributed by atoms with Crippen molar-refractivity contribution in [2.45, 2.75) is 65.7 Å². The molecule has 1 aliphatic carbocycles. The minimum atomic E-state index is 0. The Bertz CT molecular complexity index is 370. The van der Waals surface area contributed by atoms with Gasteiger partial charge in [0.05, 0.1) is 0 Å². The Morgan fingerprint density at radius 3 is 2.32 bits per heavy atom. The number of hydrogen-bond donors (Lipinski definition) is 3. The van der Waals surface area contributed by atoms with Gasteiger partial charge in [-0.1, -0.05) is 20.3 Å². The van der Waals surface area contributed by atoms with Crippen molar-refractivity contribution in [3.63, 3.8) is 0 Å². The number of aliphatic hydroxyl groups excluding tert-OH is 1. The molecule has 0 radical (unpaired) electrons. The molecule has 150 valence electrons. The monoisotopic (exact) mass is 469 g/mol. The lowest BCUT2D eigenvalue weighted by Crippen LogP contribution is -2.47. The number of rotatable bonds is 12. The molecule has 0 saturated heterocycles. The molecule has 0 aromatic rings. The zero-order valence-electron chi connectivity index (χ0n) is 16.7. The largest absolute Gasteiger partial charge is 0.396 e. The molecule has 1 fully saturated rings. The molecule has 0 bridgehead atoms. The van der Waals surface area contributed by atoms with E-state index in [4.69, 9.17) is 9.73 Å². The average Bonchev–Trinajstić information content (AvgIpc) is 2.57. The van der Waals surface area contributed by atoms with E-state index in [1.54, 1.807) is 7.11 Å². The lowest BCUT2D eigenvalue weighted by Gasteiger charge is -2.42. The maximum Gasteiger partial charge on any atom is 0.191 e. The number of hydrogen-bond acceptors (Lipinski definition) is 3. The first-order valence-electron chi connectivity index (χ1n) is 9.71. The van der Waals surface area contributed by atoms with Crippen molar-refractivity contribution in [1.82, 2.24) is 10.6 Å². The summed E-state index contributed by atoms with van der Waals surface area (Å²) in [5.41, 5.74) is 0.491. The predicted octanol–water partition coefficient (Wildman–Crippen LogP) is 3.56. The van der Waals surface area contributed by atoms with Gasteiger partial charge in [-0.05, 0) is 56.3 Å². The van der Waals surface area contributed by atoms with Crippen molar-refractivity contribution in [2.24, 2.45) is 15.8 Å². The predicted molar refractivity (Wildman–Crippen MR) is 117 cm³/mol. The van der Waals surface area contributed by atoms with E-state index in [1.807, 2.05) is 0 Å². The molecule has 0 aromatic heterocycles. The summed E-state index contributed by atoms with van der Waals surface area (Å²) < 4.78 is 5.28. The van der Waals surface area contributed by atoms with E-state index in [9.17, 15) is 5.11 Å². The van der Waals surface area contributed by atoms with E-state index in [0.717, 1.165) is 57.9 Å². The van der Waals surface area contributed by atoms with Gasteiger partial charge in [0.2, 0.25) is 0 Å². The third-order valence-corrected chi connectivity index (χ3v) is 5.94. The maximum absolute atomic E-state index is 9.37. The van der Waals surface area contributed by atoms with Crippen LogP contribution >= 0.6 is 24.0 Å². The second-order valence-corrected chi connectivity index (χ2v) is 7.33. The van der Waals surface area contributed by atoms with Crippen LogP contribution in [0.1, 0.15) is 65.7 Å². The molecular formula is C19H40IN3O2. The van der Waals surface area contributed by atoms with Gasteiger partial charge in [-0.2, -0.15) is 0 Å². The summed E-state index contributed by atoms with van der Waals surface area (Å²) in [6.45, 7) is 10.2. The van der Waals surface area contributed by atoms with Crippen molar-refractivity contribution in [3.05, 3.63) is 0 Å². The molecular weight excluding hydrogens is 429 g/mol. The quantitative estimate of drug-likeness (QED) is 0.232. The highest BCUT2D eigenvalue weighted by Gasteiger charge is 2.36. The molecule has 1 aliphatic rings. The number of ether oxygens (including phenoxy) is 1. The number of nitrogens with zero attached hydrogens (tertiary/aromatic N) is 1. The highest BCUT2D eigenvalue weighted by Crippen LogP contribution is 2.43. The summed E-state index contributed by atoms with van der Waals surface area (Å²) in [5, 5.41) is 16.3. The molecule has 25 heavy (non-hydrogen) atoms. The normalized spacial score (nSPS) is 16.8. The van der Waals surface area contributed by atoms with Gasteiger partial charge in [0, 0.05) is 40.0 Å². The highest BCUT2D eigenvalue weighted by atomic mass is 127. The fourth-order valence-corrected chi connectivity index (χ4v) is 3.51. The van der Waals surface area contributed by atoms with Crippen molar-refractivity contribution in [1.29, 1.82) is 0 Å². The van der Waals surface area contributed by atoms with Crippen LogP contribution in [0.3, 0.4) is 0 Å². The first kappa shape index (κ1) is 24.9. The van der Waals surface area contributed by atoms with E-state index in [-0.39, 0.29) is 36.0 Å². The zero-order valence-corrected chi connectivity index (χ0v) is 19.0. The Morgan fingerprint density at radius 1 is 1.20 bits per heavy atom. The Labute approximate surface area is 171 Å². The summed E-state index contributed by atoms with van der Waals surface area (Å²) >= 11 is 0. The Morgan fingerprint density at radius 2 is 1.88 bits per heavy atom. The molecule has 0 amide bonds. The molecule has 0 aliphatic heterocycles. The molecule has 1 saturated carbocycles. The molecule has 3 N–H and O–H groups in total. The van der Waals surface area contributed by atoms with Crippen LogP contribution < -0.4 is 10.6 Å². The van der Waals surface area contributed by atoms with Crippen LogP contribution in [0, 0.1) is 10.8 Å². The van der Waals surface area contributed by atoms with Crippen molar-refractivity contribution in [2.75, 3.05) is 40.0 Å². The van der Waals surface area contributed by atoms with Gasteiger partial charge in [-0.15, -0.1) is 24.0 Å². The number of methoxy groups -OCH3 is 1. The summed E-state index contributed by atoms with van der Waals surface area (Å²) in [6.07, 6.45) is 7.91. The molecule has 0 spiro atoms. The van der Waals surface area contributed by atoms with Crippen molar-refractivity contribution in [3.8, 4) is 0 Å². The number of aliphatic hydroxyl groups is 1. The molecule has 0 unspecified atom stereocenters. The fourth-order valence-electron chi connectivity index (χ4n) is 3.51. The summed E-state index contributed by atoms with van der Waals surface area (Å²) in [4.78, 5) is 4.84. The molecule has 5 nitrogen and oxygen atoms in total. The number of guanidine groups is 1. The zero-order chi connectivity index (χ0) is 17.9. The molecule has 6 heteroatoms. The average molecular weight is 469 g/mol. The first-order valence-corrected chi connectivity index (χ1v) is 9.71. The van der Waals surface area contributed by atoms with E-state index >= 15 is 0 Å². The second-order valence-electron chi connectivity index (χ2n) is 7.33. The molecule has 1 rings (SSSR count). The summed E-state index contributed by atoms with van der Waals surface area (Å²) in [5.74, 6) is 0.908. The Hall–Kier alpha value is -0.0800. The van der Waals surface area contributed by atoms with Crippen molar-refractivity contribution >= 4 is 29.9 Å². The van der Waals surface area contributed by atoms with Gasteiger partial charge in [-0.3, -0.25) is 4.99 Å². The van der Waals surface area contributed by atoms with Crippen LogP contribution in [-0.4, -0.2) is 51.0 Å². The van der Waals surface area contributed by atoms with Crippen LogP contribution in [0.15, 0.2) is 4.99 Å². The lowest BCUT2D eigenvalue weighted by atomic mass is 9.67. The van der Waals surface area contributed by atoms with E-state index < -0.39 is 0 Å². The van der Waals surface area contributed by atoms with Crippen LogP contribution in [-0.2, 0) is 4.74 Å². The SMILES string of the molecule is CCNC(=NCC(CC)(CC)CCO)NCC1(CCOC)CCC1.I. The Kier molecular flexibility index (Phi) is 13.1. The number of aliphatic imine (C=N–C) groups is 1. The fraction of sp³-hybridized carbons (Fsp3) is 0.947. The topological polar surface area (TPSA) is 65.9 Å². The molecule has 0 atom stereocenters. The summed E-state index contributed by atoms with van der Waals surface area (Å²) in [6, 6.07) is 0. The van der Waals surface area contributed by atoms with Gasteiger partial charge in [-0.25, -0.2) is 0 Å². The van der Waals surface area contributed by atoms with Gasteiger partial charge in [0.1, 0.15) is 0 Å². The van der Waals surface area contributed by atoms with Gasteiger partial charge < -0.3 is 20.5 Å². The molecule has 0 heterocycles. The minimum absolute atomic E-state index is 0. The Balaban J connectivity index is 0.00000576. The number of halogens is 1. The lowest BCUT2D eigenvalue weighted by molar-refractivity contribution is 0.0732. The van der Waals surface area contributed by atoms with E-state index in [0.29, 0.717) is 5.41 Å². The van der Waals surface area contributed by atoms with E-state index in [1.165, 1.54) is 19.3 Å². The first-order chi connectivity index (χ1) is 11.6. The van der Waals surface area contributed by atoms with Crippen LogP contribution in [0.25, 0.3) is 0 Å². The standard InChI is InChI=1S/C19H39N3O2.HI/c1-5-18(6-2,11-13-23)15-21-17(20-7-3)22-16-19(9-8-10-19)12-14-24-4;/h23H,5-16H2,1-4H3,(H2,20,21,22);1H. The minimum Gasteiger partial charge on any atom is -0.396 e. The van der Waals surface area contributed by atoms with Gasteiger partial charge >= 0.3 is 0 Å². The van der Waals surface area contributed by atoms with E-state index in [2.05, 4.69) is 31.4 Å². The van der Waals surface area contributed by atoms with Crippen LogP contribution in [0.5, 0.6) is 0 Å².